The van der Waals surface area contributed by atoms with Crippen LogP contribution in [0.1, 0.15) is 30.3 Å². The molecule has 0 unspecified atom stereocenters. The van der Waals surface area contributed by atoms with Crippen LogP contribution in [0.25, 0.3) is 11.9 Å². The number of imidazole rings is 1. The molecule has 0 fully saturated rings. The van der Waals surface area contributed by atoms with Gasteiger partial charge in [-0.1, -0.05) is 6.92 Å². The van der Waals surface area contributed by atoms with Crippen LogP contribution in [0.15, 0.2) is 30.7 Å². The van der Waals surface area contributed by atoms with E-state index in [2.05, 4.69) is 16.9 Å². The minimum absolute atomic E-state index is 0.769. The molecule has 0 aliphatic carbocycles. The summed E-state index contributed by atoms with van der Waals surface area (Å²) in [4.78, 5) is 19.3. The predicted octanol–water partition coefficient (Wildman–Crippen LogP) is 2.63. The summed E-state index contributed by atoms with van der Waals surface area (Å²) in [5.41, 5.74) is 1.75. The van der Waals surface area contributed by atoms with Gasteiger partial charge < -0.3 is 5.11 Å². The maximum absolute atomic E-state index is 10.5. The second-order valence-electron chi connectivity index (χ2n) is 4.54. The van der Waals surface area contributed by atoms with Gasteiger partial charge in [0, 0.05) is 31.1 Å². The molecule has 2 heterocycles. The summed E-state index contributed by atoms with van der Waals surface area (Å²) in [6.45, 7) is 4.06. The summed E-state index contributed by atoms with van der Waals surface area (Å²) in [6.07, 6.45) is 9.89. The molecule has 104 valence electrons. The van der Waals surface area contributed by atoms with Gasteiger partial charge in [0.2, 0.25) is 0 Å². The lowest BCUT2D eigenvalue weighted by molar-refractivity contribution is -0.131. The summed E-state index contributed by atoms with van der Waals surface area (Å²) in [5, 5.41) is 8.62. The summed E-state index contributed by atoms with van der Waals surface area (Å²) >= 11 is 0. The molecule has 2 rings (SSSR count). The number of carboxylic acids is 1. The molecule has 0 atom stereocenters. The molecule has 20 heavy (non-hydrogen) atoms. The average Bonchev–Trinajstić information content (AvgIpc) is 2.85. The van der Waals surface area contributed by atoms with E-state index in [1.54, 1.807) is 12.4 Å². The van der Waals surface area contributed by atoms with Crippen molar-refractivity contribution in [2.45, 2.75) is 26.7 Å². The molecule has 0 amide bonds. The van der Waals surface area contributed by atoms with Crippen molar-refractivity contribution in [3.63, 3.8) is 0 Å². The number of carboxylic acid groups (broad SMARTS) is 1. The van der Waals surface area contributed by atoms with Crippen LogP contribution in [-0.4, -0.2) is 25.6 Å². The fraction of sp³-hybridized carbons (Fsp3) is 0.267. The minimum atomic E-state index is -0.966. The zero-order valence-electron chi connectivity index (χ0n) is 11.6. The lowest BCUT2D eigenvalue weighted by Gasteiger charge is -2.09. The zero-order valence-corrected chi connectivity index (χ0v) is 11.6. The van der Waals surface area contributed by atoms with Crippen molar-refractivity contribution in [1.29, 1.82) is 0 Å². The fourth-order valence-corrected chi connectivity index (χ4v) is 2.04. The van der Waals surface area contributed by atoms with Crippen molar-refractivity contribution < 1.29 is 9.90 Å². The number of rotatable bonds is 5. The Morgan fingerprint density at radius 3 is 2.90 bits per heavy atom. The molecule has 0 aliphatic rings. The van der Waals surface area contributed by atoms with E-state index in [1.807, 2.05) is 23.8 Å². The third-order valence-electron chi connectivity index (χ3n) is 2.91. The zero-order chi connectivity index (χ0) is 14.5. The number of nitrogens with zero attached hydrogens (tertiary/aromatic N) is 3. The Hall–Kier alpha value is -2.43. The molecule has 2 aromatic rings. The van der Waals surface area contributed by atoms with Gasteiger partial charge in [-0.15, -0.1) is 0 Å². The first-order chi connectivity index (χ1) is 9.61. The highest BCUT2D eigenvalue weighted by Crippen LogP contribution is 2.16. The van der Waals surface area contributed by atoms with Crippen molar-refractivity contribution in [2.75, 3.05) is 0 Å². The molecule has 0 aromatic carbocycles. The van der Waals surface area contributed by atoms with Gasteiger partial charge >= 0.3 is 5.97 Å². The SMILES string of the molecule is CCCc1nccn1-c1ncc(/C=C/C(=O)O)cc1C. The highest BCUT2D eigenvalue weighted by atomic mass is 16.4. The van der Waals surface area contributed by atoms with Crippen LogP contribution >= 0.6 is 0 Å². The van der Waals surface area contributed by atoms with Gasteiger partial charge in [0.05, 0.1) is 0 Å². The second kappa shape index (κ2) is 6.14. The fourth-order valence-electron chi connectivity index (χ4n) is 2.04. The first-order valence-electron chi connectivity index (χ1n) is 6.52. The van der Waals surface area contributed by atoms with Crippen molar-refractivity contribution in [1.82, 2.24) is 14.5 Å². The van der Waals surface area contributed by atoms with Crippen LogP contribution in [0, 0.1) is 6.92 Å². The summed E-state index contributed by atoms with van der Waals surface area (Å²) in [5.74, 6) is 0.849. The van der Waals surface area contributed by atoms with E-state index in [1.165, 1.54) is 6.08 Å². The van der Waals surface area contributed by atoms with E-state index in [9.17, 15) is 4.79 Å². The van der Waals surface area contributed by atoms with Gasteiger partial charge in [-0.25, -0.2) is 14.8 Å². The number of carbonyl (C=O) groups is 1. The van der Waals surface area contributed by atoms with Gasteiger partial charge in [0.1, 0.15) is 11.6 Å². The van der Waals surface area contributed by atoms with E-state index in [0.29, 0.717) is 0 Å². The van der Waals surface area contributed by atoms with Crippen LogP contribution in [0.5, 0.6) is 0 Å². The highest BCUT2D eigenvalue weighted by molar-refractivity contribution is 5.85. The molecule has 0 radical (unpaired) electrons. The largest absolute Gasteiger partial charge is 0.478 e. The number of aryl methyl sites for hydroxylation is 2. The van der Waals surface area contributed by atoms with Crippen LogP contribution in [0.3, 0.4) is 0 Å². The molecule has 0 spiro atoms. The van der Waals surface area contributed by atoms with Crippen LogP contribution in [0.2, 0.25) is 0 Å². The van der Waals surface area contributed by atoms with Crippen LogP contribution in [-0.2, 0) is 11.2 Å². The lowest BCUT2D eigenvalue weighted by atomic mass is 10.2. The Balaban J connectivity index is 2.34. The Labute approximate surface area is 117 Å². The first-order valence-corrected chi connectivity index (χ1v) is 6.52. The molecule has 5 nitrogen and oxygen atoms in total. The van der Waals surface area contributed by atoms with E-state index >= 15 is 0 Å². The molecule has 0 saturated heterocycles. The number of hydrogen-bond acceptors (Lipinski definition) is 3. The number of hydrogen-bond donors (Lipinski definition) is 1. The van der Waals surface area contributed by atoms with E-state index < -0.39 is 5.97 Å². The molecule has 0 aliphatic heterocycles. The molecule has 2 aromatic heterocycles. The Morgan fingerprint density at radius 1 is 1.45 bits per heavy atom. The number of aromatic nitrogens is 3. The van der Waals surface area contributed by atoms with Crippen molar-refractivity contribution in [3.05, 3.63) is 47.7 Å². The third-order valence-corrected chi connectivity index (χ3v) is 2.91. The Bertz CT molecular complexity index is 644. The van der Waals surface area contributed by atoms with Gasteiger partial charge in [0.15, 0.2) is 0 Å². The van der Waals surface area contributed by atoms with Gasteiger partial charge in [-0.05, 0) is 36.6 Å². The van der Waals surface area contributed by atoms with E-state index in [-0.39, 0.29) is 0 Å². The van der Waals surface area contributed by atoms with Crippen LogP contribution in [0.4, 0.5) is 0 Å². The highest BCUT2D eigenvalue weighted by Gasteiger charge is 2.08. The monoisotopic (exact) mass is 271 g/mol. The molecule has 0 bridgehead atoms. The average molecular weight is 271 g/mol. The second-order valence-corrected chi connectivity index (χ2v) is 4.54. The molecule has 5 heteroatoms. The number of aliphatic carboxylic acids is 1. The normalized spacial score (nSPS) is 11.1. The smallest absolute Gasteiger partial charge is 0.328 e. The standard InChI is InChI=1S/C15H17N3O2/c1-3-4-13-16-7-8-18(13)15-11(2)9-12(10-17-15)5-6-14(19)20/h5-10H,3-4H2,1-2H3,(H,19,20)/b6-5+. The third kappa shape index (κ3) is 3.12. The lowest BCUT2D eigenvalue weighted by Crippen LogP contribution is -2.04. The molecular formula is C15H17N3O2. The minimum Gasteiger partial charge on any atom is -0.478 e. The van der Waals surface area contributed by atoms with E-state index in [0.717, 1.165) is 41.7 Å². The Kier molecular flexibility index (Phi) is 4.30. The summed E-state index contributed by atoms with van der Waals surface area (Å²) < 4.78 is 1.98. The topological polar surface area (TPSA) is 68.0 Å². The number of pyridine rings is 1. The first kappa shape index (κ1) is 14.0. The molecular weight excluding hydrogens is 254 g/mol. The van der Waals surface area contributed by atoms with Gasteiger partial charge in [-0.2, -0.15) is 0 Å². The molecule has 0 saturated carbocycles. The maximum atomic E-state index is 10.5. The van der Waals surface area contributed by atoms with Gasteiger partial charge in [0.25, 0.3) is 0 Å². The van der Waals surface area contributed by atoms with E-state index in [4.69, 9.17) is 5.11 Å². The van der Waals surface area contributed by atoms with Crippen molar-refractivity contribution in [3.8, 4) is 5.82 Å². The van der Waals surface area contributed by atoms with Crippen molar-refractivity contribution in [2.24, 2.45) is 0 Å². The molecule has 1 N–H and O–H groups in total. The Morgan fingerprint density at radius 2 is 2.25 bits per heavy atom. The quantitative estimate of drug-likeness (QED) is 0.849. The maximum Gasteiger partial charge on any atom is 0.328 e. The predicted molar refractivity (Wildman–Crippen MR) is 76.8 cm³/mol. The van der Waals surface area contributed by atoms with Gasteiger partial charge in [-0.3, -0.25) is 4.57 Å². The van der Waals surface area contributed by atoms with Crippen LogP contribution < -0.4 is 0 Å². The summed E-state index contributed by atoms with van der Waals surface area (Å²) in [7, 11) is 0. The summed E-state index contributed by atoms with van der Waals surface area (Å²) in [6, 6.07) is 1.91. The van der Waals surface area contributed by atoms with Crippen molar-refractivity contribution >= 4 is 12.0 Å².